The molecule has 9 nitrogen and oxygen atoms in total. The maximum atomic E-state index is 12.9. The van der Waals surface area contributed by atoms with E-state index < -0.39 is 26.5 Å². The topological polar surface area (TPSA) is 108 Å². The van der Waals surface area contributed by atoms with Crippen LogP contribution in [0.25, 0.3) is 0 Å². The van der Waals surface area contributed by atoms with Gasteiger partial charge in [-0.3, -0.25) is 18.6 Å². The molecule has 0 aliphatic carbocycles. The zero-order chi connectivity index (χ0) is 59.8. The molecule has 0 aromatic heterocycles. The van der Waals surface area contributed by atoms with Crippen molar-refractivity contribution in [1.29, 1.82) is 0 Å². The first-order chi connectivity index (χ1) is 40.0. The van der Waals surface area contributed by atoms with Crippen molar-refractivity contribution in [3.8, 4) is 0 Å². The molecule has 0 aliphatic rings. The molecule has 2 unspecified atom stereocenters. The van der Waals surface area contributed by atoms with Gasteiger partial charge in [-0.05, 0) is 44.9 Å². The molecule has 0 radical (unpaired) electrons. The average molecular weight is 1180 g/mol. The van der Waals surface area contributed by atoms with E-state index >= 15 is 0 Å². The summed E-state index contributed by atoms with van der Waals surface area (Å²) in [4.78, 5) is 35.9. The maximum Gasteiger partial charge on any atom is 0.472 e. The number of carbonyl (C=O) groups excluding carboxylic acids is 2. The molecule has 0 spiro atoms. The van der Waals surface area contributed by atoms with Gasteiger partial charge in [0.2, 0.25) is 0 Å². The second-order valence-corrected chi connectivity index (χ2v) is 27.4. The van der Waals surface area contributed by atoms with Crippen molar-refractivity contribution in [2.24, 2.45) is 0 Å². The molecule has 0 saturated heterocycles. The van der Waals surface area contributed by atoms with E-state index in [0.717, 1.165) is 44.9 Å². The SMILES string of the molecule is CCCCCCC/C=C\C/C=C\CCCCCCCCCCCCCCCCCCCCCCCCCC(=O)OC(COC(=O)CCCCCCCCCCCCCCCCCCCCCCCCC)COP(=O)(O)OCC[N+](C)(C)C. The highest BCUT2D eigenvalue weighted by atomic mass is 31.2. The summed E-state index contributed by atoms with van der Waals surface area (Å²) in [6.45, 7) is 4.51. The van der Waals surface area contributed by atoms with Crippen LogP contribution in [0.3, 0.4) is 0 Å². The fourth-order valence-corrected chi connectivity index (χ4v) is 11.7. The van der Waals surface area contributed by atoms with Crippen molar-refractivity contribution in [1.82, 2.24) is 0 Å². The Kier molecular flexibility index (Phi) is 62.8. The minimum Gasteiger partial charge on any atom is -0.462 e. The summed E-state index contributed by atoms with van der Waals surface area (Å²) in [5.41, 5.74) is 0. The zero-order valence-electron chi connectivity index (χ0n) is 55.5. The second-order valence-electron chi connectivity index (χ2n) is 26.0. The molecule has 0 heterocycles. The van der Waals surface area contributed by atoms with Crippen molar-refractivity contribution in [3.05, 3.63) is 24.3 Å². The van der Waals surface area contributed by atoms with Gasteiger partial charge in [0.1, 0.15) is 19.8 Å². The van der Waals surface area contributed by atoms with E-state index in [0.29, 0.717) is 17.4 Å². The highest BCUT2D eigenvalue weighted by molar-refractivity contribution is 7.47. The number of carbonyl (C=O) groups is 2. The summed E-state index contributed by atoms with van der Waals surface area (Å²) < 4.78 is 34.8. The number of phosphoric acid groups is 1. The molecule has 0 saturated carbocycles. The van der Waals surface area contributed by atoms with Crippen LogP contribution in [0.5, 0.6) is 0 Å². The molecule has 0 bridgehead atoms. The van der Waals surface area contributed by atoms with Crippen molar-refractivity contribution in [2.45, 2.75) is 380 Å². The number of ether oxygens (including phenoxy) is 2. The van der Waals surface area contributed by atoms with Crippen LogP contribution in [-0.2, 0) is 32.7 Å². The number of quaternary nitrogens is 1. The van der Waals surface area contributed by atoms with Crippen LogP contribution >= 0.6 is 7.82 Å². The number of rotatable bonds is 68. The third-order valence-corrected chi connectivity index (χ3v) is 17.5. The van der Waals surface area contributed by atoms with Crippen LogP contribution in [0.2, 0.25) is 0 Å². The van der Waals surface area contributed by atoms with E-state index in [-0.39, 0.29) is 25.6 Å². The molecule has 0 aliphatic heterocycles. The van der Waals surface area contributed by atoms with Gasteiger partial charge < -0.3 is 18.9 Å². The van der Waals surface area contributed by atoms with E-state index in [1.54, 1.807) is 0 Å². The quantitative estimate of drug-likeness (QED) is 0.0211. The minimum atomic E-state index is -4.39. The minimum absolute atomic E-state index is 0.0362. The van der Waals surface area contributed by atoms with E-state index in [9.17, 15) is 19.0 Å². The van der Waals surface area contributed by atoms with Gasteiger partial charge in [-0.2, -0.15) is 0 Å². The lowest BCUT2D eigenvalue weighted by Gasteiger charge is -2.24. The third-order valence-electron chi connectivity index (χ3n) is 16.5. The number of esters is 2. The van der Waals surface area contributed by atoms with Crippen molar-refractivity contribution < 1.29 is 42.1 Å². The van der Waals surface area contributed by atoms with Crippen LogP contribution in [-0.4, -0.2) is 74.9 Å². The number of unbranched alkanes of at least 4 members (excludes halogenated alkanes) is 50. The Bertz CT molecular complexity index is 1430. The fraction of sp³-hybridized carbons (Fsp3) is 0.917. The molecule has 0 aromatic rings. The van der Waals surface area contributed by atoms with Crippen LogP contribution < -0.4 is 0 Å². The van der Waals surface area contributed by atoms with Gasteiger partial charge in [-0.25, -0.2) is 4.57 Å². The smallest absolute Gasteiger partial charge is 0.462 e. The molecule has 82 heavy (non-hydrogen) atoms. The van der Waals surface area contributed by atoms with Crippen LogP contribution in [0.4, 0.5) is 0 Å². The Balaban J connectivity index is 3.94. The first kappa shape index (κ1) is 80.5. The Labute approximate surface area is 510 Å². The molecule has 10 heteroatoms. The summed E-state index contributed by atoms with van der Waals surface area (Å²) in [7, 11) is 1.50. The van der Waals surface area contributed by atoms with Gasteiger partial charge in [0.15, 0.2) is 6.10 Å². The van der Waals surface area contributed by atoms with Gasteiger partial charge >= 0.3 is 19.8 Å². The molecular weight excluding hydrogens is 1040 g/mol. The largest absolute Gasteiger partial charge is 0.472 e. The van der Waals surface area contributed by atoms with Gasteiger partial charge in [-0.15, -0.1) is 0 Å². The number of hydrogen-bond acceptors (Lipinski definition) is 7. The van der Waals surface area contributed by atoms with Gasteiger partial charge in [-0.1, -0.05) is 340 Å². The Morgan fingerprint density at radius 1 is 0.378 bits per heavy atom. The third kappa shape index (κ3) is 67.6. The summed E-state index contributed by atoms with van der Waals surface area (Å²) in [5.74, 6) is -0.771. The molecule has 0 aromatic carbocycles. The predicted molar refractivity (Wildman–Crippen MR) is 354 cm³/mol. The summed E-state index contributed by atoms with van der Waals surface area (Å²) >= 11 is 0. The number of hydrogen-bond donors (Lipinski definition) is 1. The van der Waals surface area contributed by atoms with Crippen molar-refractivity contribution >= 4 is 19.8 Å². The molecular formula is C72H141NO8P+. The molecule has 0 amide bonds. The van der Waals surface area contributed by atoms with Crippen molar-refractivity contribution in [2.75, 3.05) is 47.5 Å². The van der Waals surface area contributed by atoms with Gasteiger partial charge in [0.05, 0.1) is 27.7 Å². The summed E-state index contributed by atoms with van der Waals surface area (Å²) in [5, 5.41) is 0. The van der Waals surface area contributed by atoms with Crippen LogP contribution in [0, 0.1) is 0 Å². The Hall–Kier alpha value is -1.51. The predicted octanol–water partition coefficient (Wildman–Crippen LogP) is 23.3. The lowest BCUT2D eigenvalue weighted by Crippen LogP contribution is -2.37. The van der Waals surface area contributed by atoms with E-state index in [2.05, 4.69) is 38.2 Å². The highest BCUT2D eigenvalue weighted by Gasteiger charge is 2.27. The van der Waals surface area contributed by atoms with E-state index in [1.165, 1.54) is 302 Å². The second kappa shape index (κ2) is 64.0. The highest BCUT2D eigenvalue weighted by Crippen LogP contribution is 2.43. The lowest BCUT2D eigenvalue weighted by molar-refractivity contribution is -0.870. The van der Waals surface area contributed by atoms with E-state index in [1.807, 2.05) is 21.1 Å². The molecule has 1 N–H and O–H groups in total. The number of likely N-dealkylation sites (N-methyl/N-ethyl adjacent to an activating group) is 1. The number of phosphoric ester groups is 1. The monoisotopic (exact) mass is 1180 g/mol. The maximum absolute atomic E-state index is 12.9. The van der Waals surface area contributed by atoms with Gasteiger partial charge in [0.25, 0.3) is 0 Å². The van der Waals surface area contributed by atoms with Crippen LogP contribution in [0.1, 0.15) is 373 Å². The Morgan fingerprint density at radius 3 is 0.963 bits per heavy atom. The normalized spacial score (nSPS) is 13.2. The first-order valence-corrected chi connectivity index (χ1v) is 37.6. The molecule has 486 valence electrons. The zero-order valence-corrected chi connectivity index (χ0v) is 56.4. The Morgan fingerprint density at radius 2 is 0.659 bits per heavy atom. The summed E-state index contributed by atoms with van der Waals surface area (Å²) in [6, 6.07) is 0. The average Bonchev–Trinajstić information content (AvgIpc) is 3.45. The number of allylic oxidation sites excluding steroid dienone is 4. The summed E-state index contributed by atoms with van der Waals surface area (Å²) in [6.07, 6.45) is 80.1. The van der Waals surface area contributed by atoms with E-state index in [4.69, 9.17) is 18.5 Å². The number of nitrogens with zero attached hydrogens (tertiary/aromatic N) is 1. The van der Waals surface area contributed by atoms with Crippen LogP contribution in [0.15, 0.2) is 24.3 Å². The van der Waals surface area contributed by atoms with Crippen molar-refractivity contribution in [3.63, 3.8) is 0 Å². The molecule has 2 atom stereocenters. The fourth-order valence-electron chi connectivity index (χ4n) is 10.9. The molecule has 0 rings (SSSR count). The van der Waals surface area contributed by atoms with Gasteiger partial charge in [0, 0.05) is 12.8 Å². The molecule has 0 fully saturated rings. The lowest BCUT2D eigenvalue weighted by atomic mass is 10.0. The standard InChI is InChI=1S/C72H140NO8P/c1-6-8-10-12-14-16-18-20-22-24-26-28-30-31-32-33-34-35-36-37-38-39-40-41-43-45-47-49-51-53-55-57-59-61-63-65-72(75)81-70(69-80-82(76,77)79-67-66-73(3,4)5)68-78-71(74)64-62-60-58-56-54-52-50-48-46-44-42-29-27-25-23-21-19-17-15-13-11-9-7-2/h18,20,24,26,70H,6-17,19,21-23,25,27-69H2,1-5H3/p+1/b20-18-,26-24-. The first-order valence-electron chi connectivity index (χ1n) is 36.1.